The van der Waals surface area contributed by atoms with Crippen LogP contribution in [0, 0.1) is 6.92 Å². The second kappa shape index (κ2) is 5.83. The van der Waals surface area contributed by atoms with E-state index in [9.17, 15) is 9.59 Å². The van der Waals surface area contributed by atoms with Crippen LogP contribution in [0.5, 0.6) is 5.75 Å². The smallest absolute Gasteiger partial charge is 0.361 e. The van der Waals surface area contributed by atoms with Gasteiger partial charge in [0.1, 0.15) is 5.75 Å². The van der Waals surface area contributed by atoms with Crippen molar-refractivity contribution in [2.45, 2.75) is 51.0 Å². The van der Waals surface area contributed by atoms with E-state index >= 15 is 0 Å². The Balaban J connectivity index is 1.96. The van der Waals surface area contributed by atoms with E-state index in [2.05, 4.69) is 20.8 Å². The van der Waals surface area contributed by atoms with E-state index in [1.807, 2.05) is 31.2 Å². The van der Waals surface area contributed by atoms with Crippen molar-refractivity contribution in [3.63, 3.8) is 0 Å². The maximum atomic E-state index is 13.1. The number of hydrogen-bond donors (Lipinski definition) is 0. The molecule has 1 spiro atoms. The molecule has 4 rings (SSSR count). The van der Waals surface area contributed by atoms with Gasteiger partial charge in [0.15, 0.2) is 0 Å². The van der Waals surface area contributed by atoms with Gasteiger partial charge in [0.2, 0.25) is 5.60 Å². The van der Waals surface area contributed by atoms with E-state index in [1.165, 1.54) is 0 Å². The van der Waals surface area contributed by atoms with Crippen molar-refractivity contribution >= 4 is 23.5 Å². The highest BCUT2D eigenvalue weighted by molar-refractivity contribution is 6.30. The minimum absolute atomic E-state index is 0.120. The fraction of sp³-hybridized carbons (Fsp3) is 0.364. The van der Waals surface area contributed by atoms with Crippen LogP contribution in [0.1, 0.15) is 55.4 Å². The molecule has 0 aromatic heterocycles. The molecule has 140 valence electrons. The summed E-state index contributed by atoms with van der Waals surface area (Å²) in [5.41, 5.74) is 1.74. The molecule has 2 aliphatic rings. The van der Waals surface area contributed by atoms with Crippen molar-refractivity contribution in [1.82, 2.24) is 0 Å². The van der Waals surface area contributed by atoms with Gasteiger partial charge in [0.25, 0.3) is 0 Å². The Kier molecular flexibility index (Phi) is 3.90. The van der Waals surface area contributed by atoms with Gasteiger partial charge in [-0.3, -0.25) is 4.79 Å². The number of hydrogen-bond acceptors (Lipinski definition) is 4. The molecule has 0 unspecified atom stereocenters. The summed E-state index contributed by atoms with van der Waals surface area (Å²) in [5.74, 6) is -0.865. The van der Waals surface area contributed by atoms with Crippen LogP contribution in [0.25, 0.3) is 0 Å². The average Bonchev–Trinajstić information content (AvgIpc) is 3.06. The predicted molar refractivity (Wildman–Crippen MR) is 102 cm³/mol. The number of carbonyl (C=O) groups excluding carboxylic acids is 2. The molecule has 2 aromatic carbocycles. The van der Waals surface area contributed by atoms with Crippen LogP contribution in [-0.2, 0) is 25.3 Å². The van der Waals surface area contributed by atoms with Gasteiger partial charge in [0, 0.05) is 16.5 Å². The van der Waals surface area contributed by atoms with Crippen molar-refractivity contribution in [1.29, 1.82) is 0 Å². The quantitative estimate of drug-likeness (QED) is 0.524. The third kappa shape index (κ3) is 2.66. The summed E-state index contributed by atoms with van der Waals surface area (Å²) < 4.78 is 11.5. The lowest BCUT2D eigenvalue weighted by Crippen LogP contribution is -2.38. The van der Waals surface area contributed by atoms with Crippen molar-refractivity contribution in [3.05, 3.63) is 63.7 Å². The van der Waals surface area contributed by atoms with Crippen molar-refractivity contribution < 1.29 is 19.1 Å². The number of rotatable bonds is 1. The normalized spacial score (nSPS) is 24.1. The van der Waals surface area contributed by atoms with Gasteiger partial charge in [-0.05, 0) is 36.1 Å². The predicted octanol–water partition coefficient (Wildman–Crippen LogP) is 4.79. The molecule has 27 heavy (non-hydrogen) atoms. The number of aryl methyl sites for hydroxylation is 1. The number of esters is 2. The van der Waals surface area contributed by atoms with Crippen LogP contribution in [0.4, 0.5) is 0 Å². The first kappa shape index (κ1) is 18.1. The second-order valence-corrected chi connectivity index (χ2v) is 8.78. The molecular weight excluding hydrogens is 364 g/mol. The van der Waals surface area contributed by atoms with E-state index in [-0.39, 0.29) is 11.8 Å². The fourth-order valence-corrected chi connectivity index (χ4v) is 4.20. The van der Waals surface area contributed by atoms with Gasteiger partial charge < -0.3 is 9.47 Å². The number of fused-ring (bicyclic) bond motifs is 2. The van der Waals surface area contributed by atoms with E-state index < -0.39 is 23.5 Å². The van der Waals surface area contributed by atoms with Gasteiger partial charge in [-0.1, -0.05) is 56.1 Å². The zero-order chi connectivity index (χ0) is 19.6. The highest BCUT2D eigenvalue weighted by atomic mass is 35.5. The molecule has 4 nitrogen and oxygen atoms in total. The molecule has 0 amide bonds. The Bertz CT molecular complexity index is 956. The third-order valence-corrected chi connectivity index (χ3v) is 5.60. The van der Waals surface area contributed by atoms with E-state index in [1.54, 1.807) is 12.1 Å². The lowest BCUT2D eigenvalue weighted by atomic mass is 9.75. The summed E-state index contributed by atoms with van der Waals surface area (Å²) in [6.07, 6.45) is 0.120. The fourth-order valence-electron chi connectivity index (χ4n) is 4.07. The molecule has 0 saturated carbocycles. The highest BCUT2D eigenvalue weighted by Crippen LogP contribution is 2.56. The topological polar surface area (TPSA) is 52.6 Å². The van der Waals surface area contributed by atoms with Crippen LogP contribution < -0.4 is 4.74 Å². The molecular formula is C22H21ClO4. The SMILES string of the molecule is Cc1cc(C(C)(C)C)c2c(c1)[C@@]1(OC(=O)C[C@H]1c1ccc(Cl)cc1)C(=O)O2. The first-order valence-electron chi connectivity index (χ1n) is 8.98. The maximum Gasteiger partial charge on any atom is 0.361 e. The van der Waals surface area contributed by atoms with E-state index in [0.717, 1.165) is 16.7 Å². The number of carbonyl (C=O) groups is 2. The monoisotopic (exact) mass is 384 g/mol. The van der Waals surface area contributed by atoms with Gasteiger partial charge in [0.05, 0.1) is 12.0 Å². The minimum atomic E-state index is -1.44. The summed E-state index contributed by atoms with van der Waals surface area (Å²) in [6, 6.07) is 11.1. The molecule has 2 aliphatic heterocycles. The Hall–Kier alpha value is -2.33. The molecule has 1 saturated heterocycles. The van der Waals surface area contributed by atoms with Crippen LogP contribution in [0.3, 0.4) is 0 Å². The van der Waals surface area contributed by atoms with Gasteiger partial charge in [-0.25, -0.2) is 4.79 Å². The summed E-state index contributed by atoms with van der Waals surface area (Å²) in [5, 5.41) is 0.596. The van der Waals surface area contributed by atoms with E-state index in [0.29, 0.717) is 16.3 Å². The van der Waals surface area contributed by atoms with Crippen LogP contribution in [-0.4, -0.2) is 11.9 Å². The highest BCUT2D eigenvalue weighted by Gasteiger charge is 2.63. The largest absolute Gasteiger partial charge is 0.441 e. The number of ether oxygens (including phenoxy) is 2. The molecule has 2 heterocycles. The van der Waals surface area contributed by atoms with Crippen molar-refractivity contribution in [2.24, 2.45) is 0 Å². The zero-order valence-corrected chi connectivity index (χ0v) is 16.5. The Morgan fingerprint density at radius 3 is 2.41 bits per heavy atom. The molecule has 1 fully saturated rings. The third-order valence-electron chi connectivity index (χ3n) is 5.35. The van der Waals surface area contributed by atoms with Gasteiger partial charge >= 0.3 is 11.9 Å². The summed E-state index contributed by atoms with van der Waals surface area (Å²) in [4.78, 5) is 25.4. The minimum Gasteiger partial charge on any atom is -0.441 e. The Labute approximate surface area is 163 Å². The molecule has 0 aliphatic carbocycles. The molecule has 0 radical (unpaired) electrons. The average molecular weight is 385 g/mol. The van der Waals surface area contributed by atoms with Gasteiger partial charge in [-0.2, -0.15) is 0 Å². The van der Waals surface area contributed by atoms with Crippen LogP contribution in [0.2, 0.25) is 5.02 Å². The summed E-state index contributed by atoms with van der Waals surface area (Å²) in [7, 11) is 0. The lowest BCUT2D eigenvalue weighted by Gasteiger charge is -2.27. The lowest BCUT2D eigenvalue weighted by molar-refractivity contribution is -0.166. The first-order chi connectivity index (χ1) is 12.6. The van der Waals surface area contributed by atoms with Gasteiger partial charge in [-0.15, -0.1) is 0 Å². The molecule has 5 heteroatoms. The molecule has 0 N–H and O–H groups in total. The van der Waals surface area contributed by atoms with E-state index in [4.69, 9.17) is 21.1 Å². The Morgan fingerprint density at radius 1 is 1.11 bits per heavy atom. The maximum absolute atomic E-state index is 13.1. The Morgan fingerprint density at radius 2 is 1.78 bits per heavy atom. The summed E-state index contributed by atoms with van der Waals surface area (Å²) in [6.45, 7) is 8.18. The van der Waals surface area contributed by atoms with Crippen LogP contribution in [0.15, 0.2) is 36.4 Å². The van der Waals surface area contributed by atoms with Crippen LogP contribution >= 0.6 is 11.6 Å². The zero-order valence-electron chi connectivity index (χ0n) is 15.8. The molecule has 2 aromatic rings. The number of benzene rings is 2. The van der Waals surface area contributed by atoms with Crippen molar-refractivity contribution in [3.8, 4) is 5.75 Å². The second-order valence-electron chi connectivity index (χ2n) is 8.35. The van der Waals surface area contributed by atoms with Crippen molar-refractivity contribution in [2.75, 3.05) is 0 Å². The standard InChI is InChI=1S/C22H21ClO4/c1-12-9-16(21(2,3)4)19-17(10-12)22(20(25)26-19)15(11-18(24)27-22)13-5-7-14(23)8-6-13/h5-10,15H,11H2,1-4H3/t15-,22+/m0/s1. The summed E-state index contributed by atoms with van der Waals surface area (Å²) >= 11 is 6.01. The molecule has 0 bridgehead atoms. The first-order valence-corrected chi connectivity index (χ1v) is 9.36. The number of halogens is 1. The molecule has 2 atom stereocenters.